The molecule has 0 bridgehead atoms. The summed E-state index contributed by atoms with van der Waals surface area (Å²) in [6.07, 6.45) is 0. The summed E-state index contributed by atoms with van der Waals surface area (Å²) in [6.45, 7) is 5.73. The largest absolute Gasteiger partial charge is 0.493 e. The first-order chi connectivity index (χ1) is 10.9. The Balaban J connectivity index is 2.68. The van der Waals surface area contributed by atoms with Gasteiger partial charge in [-0.3, -0.25) is 25.2 Å². The van der Waals surface area contributed by atoms with Crippen LogP contribution in [0.25, 0.3) is 0 Å². The number of rotatable bonds is 5. The van der Waals surface area contributed by atoms with Crippen LogP contribution < -0.4 is 25.6 Å². The second-order valence-corrected chi connectivity index (χ2v) is 4.84. The molecule has 0 aliphatic heterocycles. The van der Waals surface area contributed by atoms with Gasteiger partial charge in [0.25, 0.3) is 5.91 Å². The highest BCUT2D eigenvalue weighted by molar-refractivity contribution is 6.35. The normalized spacial score (nSPS) is 9.96. The highest BCUT2D eigenvalue weighted by Crippen LogP contribution is 2.27. The van der Waals surface area contributed by atoms with E-state index in [1.54, 1.807) is 19.9 Å². The first-order valence-corrected chi connectivity index (χ1v) is 7.11. The third-order valence-corrected chi connectivity index (χ3v) is 2.64. The Bertz CT molecular complexity index is 586. The van der Waals surface area contributed by atoms with Crippen LogP contribution in [0.1, 0.15) is 31.1 Å². The Labute approximate surface area is 134 Å². The van der Waals surface area contributed by atoms with Crippen molar-refractivity contribution in [1.82, 2.24) is 16.2 Å². The molecule has 0 fully saturated rings. The molecular weight excluding hydrogens is 302 g/mol. The van der Waals surface area contributed by atoms with Gasteiger partial charge in [-0.2, -0.15) is 0 Å². The third kappa shape index (κ3) is 5.50. The molecule has 3 N–H and O–H groups in total. The van der Waals surface area contributed by atoms with Gasteiger partial charge >= 0.3 is 11.8 Å². The van der Waals surface area contributed by atoms with Crippen LogP contribution in [0.3, 0.4) is 0 Å². The highest BCUT2D eigenvalue weighted by Gasteiger charge is 2.16. The standard InChI is InChI=1S/C15H21N3O5/c1-5-23-11-7-6-10(8-12(11)22-4)13(19)17-18-15(21)14(20)16-9(2)3/h6-9H,5H2,1-4H3,(H,16,20)(H,17,19)(H,18,21). The number of benzene rings is 1. The minimum Gasteiger partial charge on any atom is -0.493 e. The Morgan fingerprint density at radius 2 is 1.78 bits per heavy atom. The number of carbonyl (C=O) groups is 3. The Hall–Kier alpha value is -2.77. The molecule has 0 atom stereocenters. The summed E-state index contributed by atoms with van der Waals surface area (Å²) in [5, 5.41) is 2.41. The number of amides is 3. The Morgan fingerprint density at radius 3 is 2.35 bits per heavy atom. The van der Waals surface area contributed by atoms with Crippen LogP contribution in [0.15, 0.2) is 18.2 Å². The minimum atomic E-state index is -0.954. The fraction of sp³-hybridized carbons (Fsp3) is 0.400. The summed E-state index contributed by atoms with van der Waals surface area (Å²) in [5.74, 6) is -1.47. The molecule has 0 aromatic heterocycles. The van der Waals surface area contributed by atoms with E-state index in [-0.39, 0.29) is 11.6 Å². The fourth-order valence-electron chi connectivity index (χ4n) is 1.65. The minimum absolute atomic E-state index is 0.181. The summed E-state index contributed by atoms with van der Waals surface area (Å²) in [6, 6.07) is 4.40. The monoisotopic (exact) mass is 323 g/mol. The van der Waals surface area contributed by atoms with Crippen molar-refractivity contribution in [2.24, 2.45) is 0 Å². The predicted octanol–water partition coefficient (Wildman–Crippen LogP) is 0.380. The molecule has 1 aromatic rings. The molecule has 8 heteroatoms. The third-order valence-electron chi connectivity index (χ3n) is 2.64. The lowest BCUT2D eigenvalue weighted by atomic mass is 10.2. The molecule has 1 rings (SSSR count). The second-order valence-electron chi connectivity index (χ2n) is 4.84. The summed E-state index contributed by atoms with van der Waals surface area (Å²) in [5.41, 5.74) is 4.45. The zero-order chi connectivity index (χ0) is 17.4. The van der Waals surface area contributed by atoms with Crippen molar-refractivity contribution in [2.75, 3.05) is 13.7 Å². The average Bonchev–Trinajstić information content (AvgIpc) is 2.52. The molecule has 0 aliphatic rings. The summed E-state index contributed by atoms with van der Waals surface area (Å²) in [4.78, 5) is 34.9. The molecule has 3 amide bonds. The van der Waals surface area contributed by atoms with E-state index in [4.69, 9.17) is 9.47 Å². The molecule has 23 heavy (non-hydrogen) atoms. The van der Waals surface area contributed by atoms with Crippen LogP contribution >= 0.6 is 0 Å². The first kappa shape index (κ1) is 18.3. The van der Waals surface area contributed by atoms with Crippen LogP contribution in [-0.2, 0) is 9.59 Å². The van der Waals surface area contributed by atoms with Crippen molar-refractivity contribution in [3.8, 4) is 11.5 Å². The summed E-state index contributed by atoms with van der Waals surface area (Å²) in [7, 11) is 1.46. The molecule has 0 spiro atoms. The lowest BCUT2D eigenvalue weighted by molar-refractivity contribution is -0.139. The van der Waals surface area contributed by atoms with Crippen molar-refractivity contribution in [3.05, 3.63) is 23.8 Å². The van der Waals surface area contributed by atoms with E-state index in [1.807, 2.05) is 12.3 Å². The van der Waals surface area contributed by atoms with Crippen LogP contribution in [0, 0.1) is 0 Å². The molecular formula is C15H21N3O5. The van der Waals surface area contributed by atoms with Crippen LogP contribution in [0.2, 0.25) is 0 Å². The molecule has 0 unspecified atom stereocenters. The summed E-state index contributed by atoms with van der Waals surface area (Å²) >= 11 is 0. The van der Waals surface area contributed by atoms with E-state index in [9.17, 15) is 14.4 Å². The maximum Gasteiger partial charge on any atom is 0.327 e. The van der Waals surface area contributed by atoms with Crippen LogP contribution in [0.5, 0.6) is 11.5 Å². The smallest absolute Gasteiger partial charge is 0.327 e. The maximum absolute atomic E-state index is 12.0. The lowest BCUT2D eigenvalue weighted by Gasteiger charge is -2.12. The van der Waals surface area contributed by atoms with E-state index < -0.39 is 17.7 Å². The summed E-state index contributed by atoms with van der Waals surface area (Å²) < 4.78 is 10.5. The van der Waals surface area contributed by atoms with Crippen molar-refractivity contribution in [3.63, 3.8) is 0 Å². The van der Waals surface area contributed by atoms with E-state index in [2.05, 4.69) is 10.7 Å². The quantitative estimate of drug-likeness (QED) is 0.536. The van der Waals surface area contributed by atoms with Crippen molar-refractivity contribution < 1.29 is 23.9 Å². The highest BCUT2D eigenvalue weighted by atomic mass is 16.5. The SMILES string of the molecule is CCOc1ccc(C(=O)NNC(=O)C(=O)NC(C)C)cc1OC. The number of nitrogens with one attached hydrogen (secondary N) is 3. The zero-order valence-corrected chi connectivity index (χ0v) is 13.6. The topological polar surface area (TPSA) is 106 Å². The van der Waals surface area contributed by atoms with Gasteiger partial charge in [0, 0.05) is 11.6 Å². The Morgan fingerprint density at radius 1 is 1.09 bits per heavy atom. The fourth-order valence-corrected chi connectivity index (χ4v) is 1.65. The van der Waals surface area contributed by atoms with Gasteiger partial charge in [0.15, 0.2) is 11.5 Å². The molecule has 1 aromatic carbocycles. The van der Waals surface area contributed by atoms with E-state index >= 15 is 0 Å². The Kier molecular flexibility index (Phi) is 6.85. The predicted molar refractivity (Wildman–Crippen MR) is 83.1 cm³/mol. The van der Waals surface area contributed by atoms with Crippen LogP contribution in [0.4, 0.5) is 0 Å². The molecule has 0 saturated heterocycles. The van der Waals surface area contributed by atoms with Gasteiger partial charge in [-0.15, -0.1) is 0 Å². The van der Waals surface area contributed by atoms with Gasteiger partial charge < -0.3 is 14.8 Å². The van der Waals surface area contributed by atoms with Crippen molar-refractivity contribution in [1.29, 1.82) is 0 Å². The zero-order valence-electron chi connectivity index (χ0n) is 13.6. The molecule has 8 nitrogen and oxygen atoms in total. The van der Waals surface area contributed by atoms with Crippen LogP contribution in [-0.4, -0.2) is 37.5 Å². The first-order valence-electron chi connectivity index (χ1n) is 7.11. The molecule has 126 valence electrons. The van der Waals surface area contributed by atoms with Gasteiger partial charge in [-0.25, -0.2) is 0 Å². The average molecular weight is 323 g/mol. The number of carbonyl (C=O) groups excluding carboxylic acids is 3. The number of ether oxygens (including phenoxy) is 2. The maximum atomic E-state index is 12.0. The van der Waals surface area contributed by atoms with E-state index in [0.29, 0.717) is 18.1 Å². The molecule has 0 heterocycles. The van der Waals surface area contributed by atoms with Gasteiger partial charge in [-0.05, 0) is 39.0 Å². The number of methoxy groups -OCH3 is 1. The lowest BCUT2D eigenvalue weighted by Crippen LogP contribution is -2.49. The van der Waals surface area contributed by atoms with Crippen molar-refractivity contribution >= 4 is 17.7 Å². The molecule has 0 saturated carbocycles. The second kappa shape index (κ2) is 8.62. The molecule has 0 radical (unpaired) electrons. The van der Waals surface area contributed by atoms with Crippen molar-refractivity contribution in [2.45, 2.75) is 26.8 Å². The number of hydrogen-bond acceptors (Lipinski definition) is 5. The number of hydrazine groups is 1. The van der Waals surface area contributed by atoms with Gasteiger partial charge in [0.1, 0.15) is 0 Å². The van der Waals surface area contributed by atoms with E-state index in [0.717, 1.165) is 0 Å². The molecule has 0 aliphatic carbocycles. The van der Waals surface area contributed by atoms with Gasteiger partial charge in [0.05, 0.1) is 13.7 Å². The number of hydrogen-bond donors (Lipinski definition) is 3. The van der Waals surface area contributed by atoms with Gasteiger partial charge in [-0.1, -0.05) is 0 Å². The van der Waals surface area contributed by atoms with Gasteiger partial charge in [0.2, 0.25) is 0 Å². The van der Waals surface area contributed by atoms with E-state index in [1.165, 1.54) is 19.2 Å².